The zero-order valence-corrected chi connectivity index (χ0v) is 10.5. The Kier molecular flexibility index (Phi) is 5.62. The van der Waals surface area contributed by atoms with Gasteiger partial charge in [0.25, 0.3) is 0 Å². The Balaban J connectivity index is 2.22. The lowest BCUT2D eigenvalue weighted by Crippen LogP contribution is -2.48. The maximum absolute atomic E-state index is 11.3. The second kappa shape index (κ2) is 6.74. The second-order valence-electron chi connectivity index (χ2n) is 3.58. The number of carbonyl (C=O) groups is 1. The molecule has 3 N–H and O–H groups in total. The van der Waals surface area contributed by atoms with E-state index in [0.29, 0.717) is 6.54 Å². The van der Waals surface area contributed by atoms with Crippen LogP contribution in [0.15, 0.2) is 0 Å². The molecule has 0 bridgehead atoms. The number of hydrogen-bond donors (Lipinski definition) is 3. The van der Waals surface area contributed by atoms with Gasteiger partial charge in [-0.25, -0.2) is 9.52 Å². The van der Waals surface area contributed by atoms with Gasteiger partial charge in [-0.1, -0.05) is 0 Å². The predicted octanol–water partition coefficient (Wildman–Crippen LogP) is -1.92. The fourth-order valence-corrected chi connectivity index (χ4v) is 2.20. The second-order valence-corrected chi connectivity index (χ2v) is 5.08. The molecule has 1 rings (SSSR count). The Morgan fingerprint density at radius 1 is 1.41 bits per heavy atom. The molecule has 0 unspecified atom stereocenters. The van der Waals surface area contributed by atoms with E-state index in [0.717, 1.165) is 33.3 Å². The Morgan fingerprint density at radius 3 is 2.65 bits per heavy atom. The van der Waals surface area contributed by atoms with E-state index in [1.54, 1.807) is 4.72 Å². The van der Waals surface area contributed by atoms with Gasteiger partial charge < -0.3 is 10.1 Å². The first-order valence-corrected chi connectivity index (χ1v) is 6.80. The van der Waals surface area contributed by atoms with Crippen molar-refractivity contribution in [2.75, 3.05) is 46.4 Å². The van der Waals surface area contributed by atoms with Crippen molar-refractivity contribution in [3.8, 4) is 0 Å². The first kappa shape index (κ1) is 14.2. The molecule has 0 spiro atoms. The molecule has 1 amide bonds. The van der Waals surface area contributed by atoms with E-state index in [4.69, 9.17) is 0 Å². The van der Waals surface area contributed by atoms with E-state index in [2.05, 4.69) is 19.7 Å². The Labute approximate surface area is 101 Å². The third-order valence-corrected chi connectivity index (χ3v) is 3.35. The van der Waals surface area contributed by atoms with Crippen molar-refractivity contribution in [2.24, 2.45) is 0 Å². The number of nitrogens with zero attached hydrogens (tertiary/aromatic N) is 1. The summed E-state index contributed by atoms with van der Waals surface area (Å²) in [4.78, 5) is 12.9. The molecule has 1 aliphatic heterocycles. The summed E-state index contributed by atoms with van der Waals surface area (Å²) in [7, 11) is -2.71. The molecule has 0 aliphatic carbocycles. The van der Waals surface area contributed by atoms with Gasteiger partial charge in [0.05, 0.1) is 7.11 Å². The Hall–Kier alpha value is -0.900. The quantitative estimate of drug-likeness (QED) is 0.536. The molecule has 1 fully saturated rings. The van der Waals surface area contributed by atoms with Gasteiger partial charge in [-0.2, -0.15) is 13.1 Å². The molecule has 1 heterocycles. The lowest BCUT2D eigenvalue weighted by Gasteiger charge is -2.26. The smallest absolute Gasteiger partial charge is 0.421 e. The zero-order chi connectivity index (χ0) is 12.7. The van der Waals surface area contributed by atoms with Crippen LogP contribution in [0.3, 0.4) is 0 Å². The predicted molar refractivity (Wildman–Crippen MR) is 61.8 cm³/mol. The van der Waals surface area contributed by atoms with E-state index in [9.17, 15) is 13.2 Å². The maximum atomic E-state index is 11.3. The van der Waals surface area contributed by atoms with E-state index in [-0.39, 0.29) is 6.54 Å². The van der Waals surface area contributed by atoms with E-state index in [1.807, 2.05) is 0 Å². The van der Waals surface area contributed by atoms with Crippen LogP contribution in [0.1, 0.15) is 0 Å². The number of rotatable bonds is 5. The Bertz CT molecular complexity index is 339. The largest absolute Gasteiger partial charge is 0.452 e. The molecular formula is C8H18N4O4S. The summed E-state index contributed by atoms with van der Waals surface area (Å²) in [5.74, 6) is 0. The molecule has 9 heteroatoms. The molecule has 0 aromatic carbocycles. The third kappa shape index (κ3) is 5.82. The van der Waals surface area contributed by atoms with Gasteiger partial charge in [0, 0.05) is 39.3 Å². The molecule has 1 aliphatic rings. The van der Waals surface area contributed by atoms with Gasteiger partial charge in [-0.3, -0.25) is 4.90 Å². The fourth-order valence-electron chi connectivity index (χ4n) is 1.46. The van der Waals surface area contributed by atoms with E-state index < -0.39 is 16.3 Å². The average Bonchev–Trinajstić information content (AvgIpc) is 2.29. The van der Waals surface area contributed by atoms with Gasteiger partial charge in [0.15, 0.2) is 0 Å². The minimum absolute atomic E-state index is 0.256. The number of methoxy groups -OCH3 is 1. The normalized spacial score (nSPS) is 17.7. The molecule has 0 saturated carbocycles. The van der Waals surface area contributed by atoms with Gasteiger partial charge in [0.2, 0.25) is 0 Å². The standard InChI is InChI=1S/C8H18N4O4S/c1-16-8(13)11-17(14,15)10-4-7-12-5-2-9-3-6-12/h9-10H,2-7H2,1H3,(H,11,13). The summed E-state index contributed by atoms with van der Waals surface area (Å²) in [6.07, 6.45) is -1.00. The summed E-state index contributed by atoms with van der Waals surface area (Å²) in [6, 6.07) is 0. The number of carbonyl (C=O) groups excluding carboxylic acids is 1. The van der Waals surface area contributed by atoms with Gasteiger partial charge in [0.1, 0.15) is 0 Å². The summed E-state index contributed by atoms with van der Waals surface area (Å²) in [6.45, 7) is 4.48. The SMILES string of the molecule is COC(=O)NS(=O)(=O)NCCN1CCNCC1. The molecule has 0 radical (unpaired) electrons. The number of amides is 1. The van der Waals surface area contributed by atoms with Crippen LogP contribution in [0.25, 0.3) is 0 Å². The first-order chi connectivity index (χ1) is 8.03. The zero-order valence-electron chi connectivity index (χ0n) is 9.73. The molecule has 1 saturated heterocycles. The van der Waals surface area contributed by atoms with Crippen molar-refractivity contribution < 1.29 is 17.9 Å². The summed E-state index contributed by atoms with van der Waals surface area (Å²) in [5, 5.41) is 3.20. The van der Waals surface area contributed by atoms with Crippen LogP contribution in [0.2, 0.25) is 0 Å². The molecule has 100 valence electrons. The van der Waals surface area contributed by atoms with Crippen molar-refractivity contribution in [2.45, 2.75) is 0 Å². The molecule has 17 heavy (non-hydrogen) atoms. The van der Waals surface area contributed by atoms with Crippen LogP contribution < -0.4 is 14.8 Å². The van der Waals surface area contributed by atoms with Gasteiger partial charge >= 0.3 is 16.3 Å². The van der Waals surface area contributed by atoms with Gasteiger partial charge in [-0.15, -0.1) is 0 Å². The van der Waals surface area contributed by atoms with Crippen molar-refractivity contribution >= 4 is 16.3 Å². The fraction of sp³-hybridized carbons (Fsp3) is 0.875. The van der Waals surface area contributed by atoms with E-state index >= 15 is 0 Å². The molecule has 8 nitrogen and oxygen atoms in total. The number of piperazine rings is 1. The van der Waals surface area contributed by atoms with Crippen LogP contribution in [0, 0.1) is 0 Å². The third-order valence-electron chi connectivity index (χ3n) is 2.33. The highest BCUT2D eigenvalue weighted by Gasteiger charge is 2.15. The topological polar surface area (TPSA) is 99.8 Å². The van der Waals surface area contributed by atoms with Crippen LogP contribution in [0.4, 0.5) is 4.79 Å². The molecule has 0 atom stereocenters. The Morgan fingerprint density at radius 2 is 2.06 bits per heavy atom. The highest BCUT2D eigenvalue weighted by Crippen LogP contribution is 1.90. The number of ether oxygens (including phenoxy) is 1. The minimum Gasteiger partial charge on any atom is -0.452 e. The van der Waals surface area contributed by atoms with Crippen molar-refractivity contribution in [1.82, 2.24) is 19.7 Å². The van der Waals surface area contributed by atoms with Crippen LogP contribution in [0.5, 0.6) is 0 Å². The van der Waals surface area contributed by atoms with Crippen LogP contribution in [-0.2, 0) is 14.9 Å². The monoisotopic (exact) mass is 266 g/mol. The van der Waals surface area contributed by atoms with Crippen molar-refractivity contribution in [3.63, 3.8) is 0 Å². The van der Waals surface area contributed by atoms with E-state index in [1.165, 1.54) is 0 Å². The molecule has 0 aromatic heterocycles. The van der Waals surface area contributed by atoms with Crippen molar-refractivity contribution in [1.29, 1.82) is 0 Å². The number of nitrogens with one attached hydrogen (secondary N) is 3. The molecule has 0 aromatic rings. The highest BCUT2D eigenvalue weighted by molar-refractivity contribution is 7.88. The first-order valence-electron chi connectivity index (χ1n) is 5.32. The van der Waals surface area contributed by atoms with Crippen LogP contribution in [-0.4, -0.2) is 65.8 Å². The van der Waals surface area contributed by atoms with Gasteiger partial charge in [-0.05, 0) is 0 Å². The van der Waals surface area contributed by atoms with Crippen molar-refractivity contribution in [3.05, 3.63) is 0 Å². The molecular weight excluding hydrogens is 248 g/mol. The lowest BCUT2D eigenvalue weighted by atomic mass is 10.3. The minimum atomic E-state index is -3.81. The summed E-state index contributed by atoms with van der Waals surface area (Å²) in [5.41, 5.74) is 0. The highest BCUT2D eigenvalue weighted by atomic mass is 32.2. The lowest BCUT2D eigenvalue weighted by molar-refractivity contribution is 0.177. The summed E-state index contributed by atoms with van der Waals surface area (Å²) >= 11 is 0. The van der Waals surface area contributed by atoms with Crippen LogP contribution >= 0.6 is 0 Å². The summed E-state index contributed by atoms with van der Waals surface area (Å²) < 4.78 is 30.8. The average molecular weight is 266 g/mol. The maximum Gasteiger partial charge on any atom is 0.421 e. The number of hydrogen-bond acceptors (Lipinski definition) is 6.